The van der Waals surface area contributed by atoms with Crippen LogP contribution in [0.1, 0.15) is 33.3 Å². The Balaban J connectivity index is 2.76. The molecular formula is C13H19ClN2O2. The summed E-state index contributed by atoms with van der Waals surface area (Å²) < 4.78 is 0. The summed E-state index contributed by atoms with van der Waals surface area (Å²) >= 11 is 5.94. The molecule has 0 bridgehead atoms. The first-order valence-electron chi connectivity index (χ1n) is 6.00. The number of pyridine rings is 1. The topological polar surface area (TPSA) is 42.4 Å². The number of amides is 1. The molecule has 5 heteroatoms. The molecule has 0 aromatic carbocycles. The van der Waals surface area contributed by atoms with E-state index in [2.05, 4.69) is 4.98 Å². The molecule has 1 rings (SSSR count). The molecule has 18 heavy (non-hydrogen) atoms. The van der Waals surface area contributed by atoms with Crippen molar-refractivity contribution in [3.63, 3.8) is 0 Å². The number of carbonyl (C=O) groups excluding carboxylic acids is 1. The highest BCUT2D eigenvalue weighted by atomic mass is 35.5. The van der Waals surface area contributed by atoms with Crippen LogP contribution in [-0.4, -0.2) is 28.1 Å². The van der Waals surface area contributed by atoms with E-state index in [0.717, 1.165) is 0 Å². The highest BCUT2D eigenvalue weighted by Crippen LogP contribution is 2.15. The van der Waals surface area contributed by atoms with E-state index < -0.39 is 0 Å². The molecule has 0 aliphatic heterocycles. The summed E-state index contributed by atoms with van der Waals surface area (Å²) in [6, 6.07) is 3.54. The van der Waals surface area contributed by atoms with Crippen LogP contribution in [0.15, 0.2) is 18.3 Å². The lowest BCUT2D eigenvalue weighted by Gasteiger charge is -2.27. The maximum atomic E-state index is 12.2. The van der Waals surface area contributed by atoms with Crippen LogP contribution in [0.4, 0.5) is 0 Å². The molecule has 1 aromatic rings. The van der Waals surface area contributed by atoms with Crippen molar-refractivity contribution in [3.05, 3.63) is 29.0 Å². The van der Waals surface area contributed by atoms with Crippen LogP contribution in [0.2, 0.25) is 5.15 Å². The van der Waals surface area contributed by atoms with Crippen molar-refractivity contribution in [2.45, 2.75) is 46.3 Å². The molecule has 0 saturated heterocycles. The van der Waals surface area contributed by atoms with E-state index in [0.29, 0.717) is 10.7 Å². The molecule has 0 aliphatic carbocycles. The summed E-state index contributed by atoms with van der Waals surface area (Å²) in [6.45, 7) is 7.59. The predicted molar refractivity (Wildman–Crippen MR) is 71.2 cm³/mol. The molecule has 1 heterocycles. The van der Waals surface area contributed by atoms with Gasteiger partial charge in [0.25, 0.3) is 5.91 Å². The van der Waals surface area contributed by atoms with Crippen molar-refractivity contribution in [1.29, 1.82) is 0 Å². The van der Waals surface area contributed by atoms with Gasteiger partial charge in [0.2, 0.25) is 0 Å². The number of rotatable bonds is 5. The van der Waals surface area contributed by atoms with Gasteiger partial charge in [-0.05, 0) is 39.3 Å². The lowest BCUT2D eigenvalue weighted by Crippen LogP contribution is -2.39. The van der Waals surface area contributed by atoms with Gasteiger partial charge in [0.1, 0.15) is 5.15 Å². The first kappa shape index (κ1) is 14.9. The van der Waals surface area contributed by atoms with Crippen molar-refractivity contribution >= 4 is 17.5 Å². The lowest BCUT2D eigenvalue weighted by atomic mass is 10.2. The van der Waals surface area contributed by atoms with E-state index in [1.54, 1.807) is 18.3 Å². The van der Waals surface area contributed by atoms with Crippen LogP contribution in [-0.2, 0) is 16.1 Å². The number of hydroxylamine groups is 2. The van der Waals surface area contributed by atoms with Crippen LogP contribution in [0, 0.1) is 0 Å². The van der Waals surface area contributed by atoms with Crippen molar-refractivity contribution < 1.29 is 9.63 Å². The molecule has 100 valence electrons. The summed E-state index contributed by atoms with van der Waals surface area (Å²) in [5, 5.41) is 1.76. The minimum atomic E-state index is -0.117. The monoisotopic (exact) mass is 270 g/mol. The summed E-state index contributed by atoms with van der Waals surface area (Å²) in [6.07, 6.45) is 1.75. The molecule has 0 saturated carbocycles. The van der Waals surface area contributed by atoms with Gasteiger partial charge in [-0.25, -0.2) is 10.0 Å². The van der Waals surface area contributed by atoms with Gasteiger partial charge in [-0.3, -0.25) is 9.63 Å². The Morgan fingerprint density at radius 3 is 2.61 bits per heavy atom. The summed E-state index contributed by atoms with van der Waals surface area (Å²) in [7, 11) is 0. The number of aromatic nitrogens is 1. The zero-order chi connectivity index (χ0) is 13.7. The minimum absolute atomic E-state index is 0.0182. The second kappa shape index (κ2) is 6.71. The molecule has 0 atom stereocenters. The fourth-order valence-electron chi connectivity index (χ4n) is 1.49. The van der Waals surface area contributed by atoms with Gasteiger partial charge in [0.05, 0.1) is 18.6 Å². The van der Waals surface area contributed by atoms with E-state index in [4.69, 9.17) is 16.4 Å². The molecule has 0 unspecified atom stereocenters. The van der Waals surface area contributed by atoms with Gasteiger partial charge in [-0.2, -0.15) is 0 Å². The Hall–Kier alpha value is -1.13. The number of hydrogen-bond donors (Lipinski definition) is 0. The highest BCUT2D eigenvalue weighted by molar-refractivity contribution is 6.30. The van der Waals surface area contributed by atoms with E-state index in [1.807, 2.05) is 27.7 Å². The minimum Gasteiger partial charge on any atom is -0.272 e. The Morgan fingerprint density at radius 2 is 2.11 bits per heavy atom. The first-order chi connectivity index (χ1) is 8.41. The Morgan fingerprint density at radius 1 is 1.44 bits per heavy atom. The SMILES string of the molecule is CC(C)ON(C(=O)Cc1cccnc1Cl)C(C)C. The maximum absolute atomic E-state index is 12.2. The molecule has 1 aromatic heterocycles. The number of carbonyl (C=O) groups is 1. The zero-order valence-corrected chi connectivity index (χ0v) is 11.9. The van der Waals surface area contributed by atoms with Crippen molar-refractivity contribution in [3.8, 4) is 0 Å². The third-order valence-electron chi connectivity index (χ3n) is 2.22. The van der Waals surface area contributed by atoms with E-state index in [9.17, 15) is 4.79 Å². The normalized spacial score (nSPS) is 11.1. The second-order valence-electron chi connectivity index (χ2n) is 4.60. The van der Waals surface area contributed by atoms with E-state index in [1.165, 1.54) is 5.06 Å². The highest BCUT2D eigenvalue weighted by Gasteiger charge is 2.20. The average molecular weight is 271 g/mol. The fraction of sp³-hybridized carbons (Fsp3) is 0.538. The van der Waals surface area contributed by atoms with Gasteiger partial charge in [-0.15, -0.1) is 0 Å². The Kier molecular flexibility index (Phi) is 5.56. The van der Waals surface area contributed by atoms with Gasteiger partial charge < -0.3 is 0 Å². The Labute approximate surface area is 113 Å². The molecule has 0 fully saturated rings. The largest absolute Gasteiger partial charge is 0.272 e. The van der Waals surface area contributed by atoms with Crippen molar-refractivity contribution in [2.75, 3.05) is 0 Å². The van der Waals surface area contributed by atoms with Crippen LogP contribution >= 0.6 is 11.6 Å². The van der Waals surface area contributed by atoms with Crippen LogP contribution < -0.4 is 0 Å². The fourth-order valence-corrected chi connectivity index (χ4v) is 1.67. The maximum Gasteiger partial charge on any atom is 0.250 e. The number of hydrogen-bond acceptors (Lipinski definition) is 3. The number of halogens is 1. The first-order valence-corrected chi connectivity index (χ1v) is 6.37. The van der Waals surface area contributed by atoms with Crippen LogP contribution in [0.3, 0.4) is 0 Å². The Bertz CT molecular complexity index is 408. The van der Waals surface area contributed by atoms with E-state index >= 15 is 0 Å². The van der Waals surface area contributed by atoms with E-state index in [-0.39, 0.29) is 24.5 Å². The smallest absolute Gasteiger partial charge is 0.250 e. The summed E-state index contributed by atoms with van der Waals surface area (Å²) in [4.78, 5) is 21.6. The summed E-state index contributed by atoms with van der Waals surface area (Å²) in [5.41, 5.74) is 0.710. The third kappa shape index (κ3) is 4.27. The van der Waals surface area contributed by atoms with Crippen molar-refractivity contribution in [2.24, 2.45) is 0 Å². The van der Waals surface area contributed by atoms with Gasteiger partial charge in [0.15, 0.2) is 0 Å². The van der Waals surface area contributed by atoms with Gasteiger partial charge in [-0.1, -0.05) is 17.7 Å². The van der Waals surface area contributed by atoms with Crippen LogP contribution in [0.5, 0.6) is 0 Å². The lowest BCUT2D eigenvalue weighted by molar-refractivity contribution is -0.211. The number of nitrogens with zero attached hydrogens (tertiary/aromatic N) is 2. The molecule has 0 radical (unpaired) electrons. The average Bonchev–Trinajstić information content (AvgIpc) is 2.28. The van der Waals surface area contributed by atoms with Gasteiger partial charge in [0, 0.05) is 6.20 Å². The zero-order valence-electron chi connectivity index (χ0n) is 11.2. The molecule has 0 spiro atoms. The molecule has 1 amide bonds. The quantitative estimate of drug-likeness (QED) is 0.610. The van der Waals surface area contributed by atoms with Gasteiger partial charge >= 0.3 is 0 Å². The third-order valence-corrected chi connectivity index (χ3v) is 2.56. The van der Waals surface area contributed by atoms with Crippen LogP contribution in [0.25, 0.3) is 0 Å². The molecule has 0 aliphatic rings. The molecule has 0 N–H and O–H groups in total. The predicted octanol–water partition coefficient (Wildman–Crippen LogP) is 2.85. The second-order valence-corrected chi connectivity index (χ2v) is 4.96. The standard InChI is InChI=1S/C13H19ClN2O2/c1-9(2)16(18-10(3)4)12(17)8-11-6-5-7-15-13(11)14/h5-7,9-10H,8H2,1-4H3. The molecule has 4 nitrogen and oxygen atoms in total. The summed E-state index contributed by atoms with van der Waals surface area (Å²) in [5.74, 6) is -0.117. The van der Waals surface area contributed by atoms with Crippen molar-refractivity contribution in [1.82, 2.24) is 10.0 Å². The molecular weight excluding hydrogens is 252 g/mol.